The largest absolute Gasteiger partial charge is 0.490 e. The molecule has 0 radical (unpaired) electrons. The van der Waals surface area contributed by atoms with E-state index < -0.39 is 0 Å². The van der Waals surface area contributed by atoms with Gasteiger partial charge < -0.3 is 23.9 Å². The highest BCUT2D eigenvalue weighted by atomic mass is 16.5. The molecule has 8 nitrogen and oxygen atoms in total. The van der Waals surface area contributed by atoms with E-state index in [9.17, 15) is 4.79 Å². The zero-order chi connectivity index (χ0) is 21.6. The molecule has 0 unspecified atom stereocenters. The highest BCUT2D eigenvalue weighted by Crippen LogP contribution is 2.34. The van der Waals surface area contributed by atoms with Crippen LogP contribution in [0.4, 0.5) is 0 Å². The number of nitrogens with one attached hydrogen (secondary N) is 1. The van der Waals surface area contributed by atoms with Crippen molar-refractivity contribution in [3.8, 4) is 28.7 Å². The highest BCUT2D eigenvalue weighted by molar-refractivity contribution is 5.78. The zero-order valence-electron chi connectivity index (χ0n) is 17.5. The second-order valence-electron chi connectivity index (χ2n) is 7.60. The van der Waals surface area contributed by atoms with Gasteiger partial charge in [-0.15, -0.1) is 10.2 Å². The van der Waals surface area contributed by atoms with Crippen molar-refractivity contribution in [1.82, 2.24) is 15.5 Å². The maximum atomic E-state index is 12.6. The van der Waals surface area contributed by atoms with Crippen LogP contribution >= 0.6 is 0 Å². The summed E-state index contributed by atoms with van der Waals surface area (Å²) < 4.78 is 22.3. The first-order valence-corrected chi connectivity index (χ1v) is 10.3. The fourth-order valence-corrected chi connectivity index (χ4v) is 3.36. The lowest BCUT2D eigenvalue weighted by atomic mass is 9.95. The summed E-state index contributed by atoms with van der Waals surface area (Å²) in [5, 5.41) is 10.6. The molecule has 8 heteroatoms. The Hall–Kier alpha value is -3.55. The van der Waals surface area contributed by atoms with Crippen LogP contribution in [0.15, 0.2) is 53.3 Å². The molecule has 1 amide bonds. The lowest BCUT2D eigenvalue weighted by Crippen LogP contribution is -2.35. The summed E-state index contributed by atoms with van der Waals surface area (Å²) in [6.45, 7) is 5.29. The van der Waals surface area contributed by atoms with Gasteiger partial charge in [0.1, 0.15) is 5.75 Å². The molecule has 0 aliphatic carbocycles. The van der Waals surface area contributed by atoms with Gasteiger partial charge in [-0.25, -0.2) is 0 Å². The maximum absolute atomic E-state index is 12.6. The third-order valence-electron chi connectivity index (χ3n) is 4.95. The molecule has 0 spiro atoms. The predicted octanol–water partition coefficient (Wildman–Crippen LogP) is 3.79. The second-order valence-corrected chi connectivity index (χ2v) is 7.60. The molecule has 1 aliphatic rings. The molecule has 4 rings (SSSR count). The van der Waals surface area contributed by atoms with E-state index in [0.717, 1.165) is 23.3 Å². The van der Waals surface area contributed by atoms with Crippen molar-refractivity contribution in [2.45, 2.75) is 26.3 Å². The molecule has 1 atom stereocenters. The Morgan fingerprint density at radius 3 is 2.58 bits per heavy atom. The van der Waals surface area contributed by atoms with Crippen molar-refractivity contribution in [2.24, 2.45) is 5.92 Å². The SMILES string of the molecule is CC(C)[C@@H](NC(=O)COc1ccc(-c2nnco2)cc1)c1ccc2c(c1)OCCCO2. The molecule has 2 heterocycles. The number of carbonyl (C=O) groups excluding carboxylic acids is 1. The second kappa shape index (κ2) is 9.51. The lowest BCUT2D eigenvalue weighted by Gasteiger charge is -2.24. The Bertz CT molecular complexity index is 1000. The van der Waals surface area contributed by atoms with Gasteiger partial charge in [-0.1, -0.05) is 19.9 Å². The molecule has 1 N–H and O–H groups in total. The van der Waals surface area contributed by atoms with Crippen molar-refractivity contribution in [3.05, 3.63) is 54.4 Å². The number of hydrogen-bond donors (Lipinski definition) is 1. The Balaban J connectivity index is 1.37. The first-order valence-electron chi connectivity index (χ1n) is 10.3. The molecule has 0 saturated carbocycles. The third kappa shape index (κ3) is 5.14. The van der Waals surface area contributed by atoms with Gasteiger partial charge in [0, 0.05) is 12.0 Å². The van der Waals surface area contributed by atoms with Crippen LogP contribution in [-0.2, 0) is 4.79 Å². The first kappa shape index (κ1) is 20.7. The number of nitrogens with zero attached hydrogens (tertiary/aromatic N) is 2. The minimum atomic E-state index is -0.202. The van der Waals surface area contributed by atoms with E-state index in [1.165, 1.54) is 6.39 Å². The van der Waals surface area contributed by atoms with Gasteiger partial charge in [0.15, 0.2) is 18.1 Å². The topological polar surface area (TPSA) is 95.7 Å². The summed E-state index contributed by atoms with van der Waals surface area (Å²) in [6.07, 6.45) is 2.13. The summed E-state index contributed by atoms with van der Waals surface area (Å²) in [7, 11) is 0. The third-order valence-corrected chi connectivity index (χ3v) is 4.95. The Labute approximate surface area is 180 Å². The molecule has 0 bridgehead atoms. The van der Waals surface area contributed by atoms with Crippen LogP contribution < -0.4 is 19.5 Å². The molecule has 31 heavy (non-hydrogen) atoms. The molecule has 2 aromatic carbocycles. The maximum Gasteiger partial charge on any atom is 0.258 e. The van der Waals surface area contributed by atoms with E-state index in [4.69, 9.17) is 18.6 Å². The average molecular weight is 423 g/mol. The minimum Gasteiger partial charge on any atom is -0.490 e. The summed E-state index contributed by atoms with van der Waals surface area (Å²) in [5.74, 6) is 2.44. The summed E-state index contributed by atoms with van der Waals surface area (Å²) in [6, 6.07) is 12.8. The number of fused-ring (bicyclic) bond motifs is 1. The van der Waals surface area contributed by atoms with E-state index in [2.05, 4.69) is 29.4 Å². The van der Waals surface area contributed by atoms with E-state index >= 15 is 0 Å². The number of amides is 1. The first-order chi connectivity index (χ1) is 15.1. The Morgan fingerprint density at radius 2 is 1.87 bits per heavy atom. The highest BCUT2D eigenvalue weighted by Gasteiger charge is 2.21. The fourth-order valence-electron chi connectivity index (χ4n) is 3.36. The quantitative estimate of drug-likeness (QED) is 0.618. The smallest absolute Gasteiger partial charge is 0.258 e. The van der Waals surface area contributed by atoms with E-state index in [1.807, 2.05) is 18.2 Å². The summed E-state index contributed by atoms with van der Waals surface area (Å²) >= 11 is 0. The Morgan fingerprint density at radius 1 is 1.10 bits per heavy atom. The van der Waals surface area contributed by atoms with Gasteiger partial charge in [-0.3, -0.25) is 4.79 Å². The van der Waals surface area contributed by atoms with Gasteiger partial charge in [-0.05, 0) is 47.9 Å². The molecular weight excluding hydrogens is 398 g/mol. The van der Waals surface area contributed by atoms with Crippen molar-refractivity contribution in [1.29, 1.82) is 0 Å². The van der Waals surface area contributed by atoms with Crippen LogP contribution in [-0.4, -0.2) is 35.9 Å². The van der Waals surface area contributed by atoms with Crippen LogP contribution in [0.3, 0.4) is 0 Å². The monoisotopic (exact) mass is 423 g/mol. The molecule has 1 aliphatic heterocycles. The standard InChI is InChI=1S/C23H25N3O5/c1-15(2)22(17-6-9-19-20(12-17)29-11-3-10-28-19)25-21(27)13-30-18-7-4-16(5-8-18)23-26-24-14-31-23/h4-9,12,14-15,22H,3,10-11,13H2,1-2H3,(H,25,27)/t22-/m1/s1. The number of aromatic nitrogens is 2. The molecule has 3 aromatic rings. The summed E-state index contributed by atoms with van der Waals surface area (Å²) in [5.41, 5.74) is 1.75. The van der Waals surface area contributed by atoms with Crippen LogP contribution in [0.2, 0.25) is 0 Å². The van der Waals surface area contributed by atoms with Gasteiger partial charge in [0.25, 0.3) is 5.91 Å². The molecule has 1 aromatic heterocycles. The van der Waals surface area contributed by atoms with Gasteiger partial charge in [0.05, 0.1) is 19.3 Å². The number of hydrogen-bond acceptors (Lipinski definition) is 7. The van der Waals surface area contributed by atoms with Crippen LogP contribution in [0.25, 0.3) is 11.5 Å². The van der Waals surface area contributed by atoms with Crippen molar-refractivity contribution >= 4 is 5.91 Å². The Kier molecular flexibility index (Phi) is 6.35. The van der Waals surface area contributed by atoms with Gasteiger partial charge in [-0.2, -0.15) is 0 Å². The number of ether oxygens (including phenoxy) is 3. The number of rotatable bonds is 7. The van der Waals surface area contributed by atoms with E-state index in [1.54, 1.807) is 24.3 Å². The molecule has 0 saturated heterocycles. The minimum absolute atomic E-state index is 0.0896. The van der Waals surface area contributed by atoms with Gasteiger partial charge >= 0.3 is 0 Å². The normalized spacial score (nSPS) is 14.0. The predicted molar refractivity (Wildman–Crippen MR) is 113 cm³/mol. The van der Waals surface area contributed by atoms with Crippen LogP contribution in [0.1, 0.15) is 31.9 Å². The van der Waals surface area contributed by atoms with E-state index in [-0.39, 0.29) is 24.5 Å². The fraction of sp³-hybridized carbons (Fsp3) is 0.348. The van der Waals surface area contributed by atoms with Crippen molar-refractivity contribution in [3.63, 3.8) is 0 Å². The number of benzene rings is 2. The molecular formula is C23H25N3O5. The summed E-state index contributed by atoms with van der Waals surface area (Å²) in [4.78, 5) is 12.6. The van der Waals surface area contributed by atoms with Crippen LogP contribution in [0.5, 0.6) is 17.2 Å². The van der Waals surface area contributed by atoms with Crippen molar-refractivity contribution < 1.29 is 23.4 Å². The average Bonchev–Trinajstić information content (AvgIpc) is 3.21. The lowest BCUT2D eigenvalue weighted by molar-refractivity contribution is -0.124. The molecule has 162 valence electrons. The zero-order valence-corrected chi connectivity index (χ0v) is 17.5. The van der Waals surface area contributed by atoms with Gasteiger partial charge in [0.2, 0.25) is 12.3 Å². The molecule has 0 fully saturated rings. The van der Waals surface area contributed by atoms with Crippen LogP contribution in [0, 0.1) is 5.92 Å². The van der Waals surface area contributed by atoms with Crippen molar-refractivity contribution in [2.75, 3.05) is 19.8 Å². The number of carbonyl (C=O) groups is 1. The van der Waals surface area contributed by atoms with E-state index in [0.29, 0.717) is 30.6 Å².